The van der Waals surface area contributed by atoms with Crippen LogP contribution in [0, 0.1) is 13.8 Å². The van der Waals surface area contributed by atoms with Gasteiger partial charge in [-0.15, -0.1) is 0 Å². The third-order valence-corrected chi connectivity index (χ3v) is 3.70. The maximum Gasteiger partial charge on any atom is 0.261 e. The van der Waals surface area contributed by atoms with Crippen LogP contribution < -0.4 is 10.6 Å². The first-order chi connectivity index (χ1) is 12.5. The fourth-order valence-electron chi connectivity index (χ4n) is 2.63. The van der Waals surface area contributed by atoms with Crippen LogP contribution in [0.3, 0.4) is 0 Å². The highest BCUT2D eigenvalue weighted by molar-refractivity contribution is 6.08. The van der Waals surface area contributed by atoms with E-state index in [-0.39, 0.29) is 18.4 Å². The van der Waals surface area contributed by atoms with E-state index in [2.05, 4.69) is 20.7 Å². The molecule has 0 saturated heterocycles. The van der Waals surface area contributed by atoms with E-state index in [1.54, 1.807) is 28.8 Å². The molecule has 0 fully saturated rings. The number of nitrogens with zero attached hydrogens (tertiary/aromatic N) is 3. The number of methoxy groups -OCH3 is 1. The normalized spacial score (nSPS) is 10.7. The van der Waals surface area contributed by atoms with Crippen molar-refractivity contribution >= 4 is 28.8 Å². The maximum atomic E-state index is 12.6. The van der Waals surface area contributed by atoms with Crippen molar-refractivity contribution in [2.45, 2.75) is 13.8 Å². The predicted molar refractivity (Wildman–Crippen MR) is 97.4 cm³/mol. The summed E-state index contributed by atoms with van der Waals surface area (Å²) >= 11 is 0. The molecule has 0 saturated carbocycles. The minimum atomic E-state index is -0.321. The monoisotopic (exact) mass is 353 g/mol. The van der Waals surface area contributed by atoms with Crippen LogP contribution in [0.2, 0.25) is 0 Å². The van der Waals surface area contributed by atoms with Gasteiger partial charge in [-0.2, -0.15) is 5.10 Å². The van der Waals surface area contributed by atoms with Crippen molar-refractivity contribution in [1.82, 2.24) is 14.6 Å². The van der Waals surface area contributed by atoms with Crippen LogP contribution in [-0.2, 0) is 9.53 Å². The summed E-state index contributed by atoms with van der Waals surface area (Å²) < 4.78 is 6.41. The van der Waals surface area contributed by atoms with Gasteiger partial charge in [0, 0.05) is 29.9 Å². The van der Waals surface area contributed by atoms with E-state index in [0.29, 0.717) is 22.6 Å². The average Bonchev–Trinajstić information content (AvgIpc) is 2.99. The molecule has 0 aliphatic rings. The van der Waals surface area contributed by atoms with Gasteiger partial charge in [-0.1, -0.05) is 6.07 Å². The fourth-order valence-corrected chi connectivity index (χ4v) is 2.63. The smallest absolute Gasteiger partial charge is 0.261 e. The summed E-state index contributed by atoms with van der Waals surface area (Å²) in [4.78, 5) is 28.6. The number of anilines is 2. The van der Waals surface area contributed by atoms with Crippen molar-refractivity contribution in [3.05, 3.63) is 53.5 Å². The van der Waals surface area contributed by atoms with Crippen molar-refractivity contribution in [2.24, 2.45) is 0 Å². The number of aryl methyl sites for hydroxylation is 2. The lowest BCUT2D eigenvalue weighted by molar-refractivity contribution is -0.119. The molecule has 0 atom stereocenters. The average molecular weight is 353 g/mol. The highest BCUT2D eigenvalue weighted by Crippen LogP contribution is 2.18. The summed E-state index contributed by atoms with van der Waals surface area (Å²) in [6, 6.07) is 8.77. The largest absolute Gasteiger partial charge is 0.375 e. The van der Waals surface area contributed by atoms with Gasteiger partial charge in [0.15, 0.2) is 5.65 Å². The number of carbonyl (C=O) groups excluding carboxylic acids is 2. The SMILES string of the molecule is COCC(=O)Nc1cccc(NC(=O)c2cnn3c(C)cc(C)nc23)c1. The number of nitrogens with one attached hydrogen (secondary N) is 2. The Morgan fingerprint density at radius 1 is 1.15 bits per heavy atom. The molecule has 0 aliphatic carbocycles. The van der Waals surface area contributed by atoms with E-state index >= 15 is 0 Å². The van der Waals surface area contributed by atoms with E-state index in [4.69, 9.17) is 4.74 Å². The van der Waals surface area contributed by atoms with Gasteiger partial charge >= 0.3 is 0 Å². The third kappa shape index (κ3) is 3.70. The molecule has 0 aliphatic heterocycles. The quantitative estimate of drug-likeness (QED) is 0.733. The molecule has 3 rings (SSSR count). The van der Waals surface area contributed by atoms with Gasteiger partial charge in [0.25, 0.3) is 5.91 Å². The van der Waals surface area contributed by atoms with Crippen molar-refractivity contribution in [3.8, 4) is 0 Å². The number of carbonyl (C=O) groups is 2. The van der Waals surface area contributed by atoms with Gasteiger partial charge in [-0.3, -0.25) is 9.59 Å². The van der Waals surface area contributed by atoms with Crippen molar-refractivity contribution in [3.63, 3.8) is 0 Å². The molecule has 8 heteroatoms. The topological polar surface area (TPSA) is 97.6 Å². The predicted octanol–water partition coefficient (Wildman–Crippen LogP) is 2.18. The second-order valence-electron chi connectivity index (χ2n) is 5.85. The lowest BCUT2D eigenvalue weighted by Crippen LogP contribution is -2.17. The number of amides is 2. The summed E-state index contributed by atoms with van der Waals surface area (Å²) in [6.07, 6.45) is 1.49. The number of hydrogen-bond donors (Lipinski definition) is 2. The first-order valence-electron chi connectivity index (χ1n) is 8.00. The third-order valence-electron chi connectivity index (χ3n) is 3.70. The second kappa shape index (κ2) is 7.32. The summed E-state index contributed by atoms with van der Waals surface area (Å²) in [5.41, 5.74) is 3.71. The van der Waals surface area contributed by atoms with Crippen molar-refractivity contribution < 1.29 is 14.3 Å². The first kappa shape index (κ1) is 17.6. The number of rotatable bonds is 5. The van der Waals surface area contributed by atoms with Crippen LogP contribution in [0.1, 0.15) is 21.7 Å². The lowest BCUT2D eigenvalue weighted by Gasteiger charge is -2.08. The summed E-state index contributed by atoms with van der Waals surface area (Å²) in [5.74, 6) is -0.591. The minimum absolute atomic E-state index is 0.0383. The Kier molecular flexibility index (Phi) is 4.94. The highest BCUT2D eigenvalue weighted by atomic mass is 16.5. The van der Waals surface area contributed by atoms with Gasteiger partial charge in [-0.05, 0) is 38.1 Å². The molecule has 0 radical (unpaired) electrons. The number of aromatic nitrogens is 3. The van der Waals surface area contributed by atoms with E-state index in [1.807, 2.05) is 19.9 Å². The molecule has 0 bridgehead atoms. The molecule has 8 nitrogen and oxygen atoms in total. The number of benzene rings is 1. The second-order valence-corrected chi connectivity index (χ2v) is 5.85. The van der Waals surface area contributed by atoms with Crippen LogP contribution >= 0.6 is 0 Å². The zero-order valence-corrected chi connectivity index (χ0v) is 14.7. The zero-order valence-electron chi connectivity index (χ0n) is 14.7. The molecule has 1 aromatic carbocycles. The van der Waals surface area contributed by atoms with Crippen LogP contribution in [0.5, 0.6) is 0 Å². The molecule has 26 heavy (non-hydrogen) atoms. The molecule has 2 N–H and O–H groups in total. The highest BCUT2D eigenvalue weighted by Gasteiger charge is 2.16. The van der Waals surface area contributed by atoms with Gasteiger partial charge in [0.05, 0.1) is 6.20 Å². The number of hydrogen-bond acceptors (Lipinski definition) is 5. The summed E-state index contributed by atoms with van der Waals surface area (Å²) in [6.45, 7) is 3.74. The Labute approximate surface area is 150 Å². The molecule has 134 valence electrons. The van der Waals surface area contributed by atoms with E-state index < -0.39 is 0 Å². The molecule has 2 aromatic heterocycles. The Hall–Kier alpha value is -3.26. The molecular weight excluding hydrogens is 334 g/mol. The van der Waals surface area contributed by atoms with E-state index in [0.717, 1.165) is 11.4 Å². The molecule has 0 spiro atoms. The summed E-state index contributed by atoms with van der Waals surface area (Å²) in [5, 5.41) is 9.72. The Morgan fingerprint density at radius 3 is 2.62 bits per heavy atom. The van der Waals surface area contributed by atoms with Crippen LogP contribution in [0.4, 0.5) is 11.4 Å². The van der Waals surface area contributed by atoms with Gasteiger partial charge < -0.3 is 15.4 Å². The lowest BCUT2D eigenvalue weighted by atomic mass is 10.2. The van der Waals surface area contributed by atoms with Gasteiger partial charge in [-0.25, -0.2) is 9.50 Å². The Balaban J connectivity index is 1.81. The Morgan fingerprint density at radius 2 is 1.88 bits per heavy atom. The molecular formula is C18H19N5O3. The standard InChI is InChI=1S/C18H19N5O3/c1-11-7-12(2)23-17(20-11)15(9-19-23)18(25)22-14-6-4-5-13(8-14)21-16(24)10-26-3/h4-9H,10H2,1-3H3,(H,21,24)(H,22,25). The van der Waals surface area contributed by atoms with Crippen LogP contribution in [-0.4, -0.2) is 40.1 Å². The number of ether oxygens (including phenoxy) is 1. The van der Waals surface area contributed by atoms with Gasteiger partial charge in [0.2, 0.25) is 5.91 Å². The first-order valence-corrected chi connectivity index (χ1v) is 8.00. The van der Waals surface area contributed by atoms with Gasteiger partial charge in [0.1, 0.15) is 12.2 Å². The van der Waals surface area contributed by atoms with E-state index in [1.165, 1.54) is 13.3 Å². The molecule has 2 amide bonds. The van der Waals surface area contributed by atoms with Crippen molar-refractivity contribution in [2.75, 3.05) is 24.4 Å². The fraction of sp³-hybridized carbons (Fsp3) is 0.222. The molecule has 0 unspecified atom stereocenters. The van der Waals surface area contributed by atoms with Crippen LogP contribution in [0.15, 0.2) is 36.5 Å². The molecule has 3 aromatic rings. The van der Waals surface area contributed by atoms with Crippen LogP contribution in [0.25, 0.3) is 5.65 Å². The zero-order chi connectivity index (χ0) is 18.7. The Bertz CT molecular complexity index is 980. The minimum Gasteiger partial charge on any atom is -0.375 e. The summed E-state index contributed by atoms with van der Waals surface area (Å²) in [7, 11) is 1.45. The molecule has 2 heterocycles. The number of fused-ring (bicyclic) bond motifs is 1. The maximum absolute atomic E-state index is 12.6. The van der Waals surface area contributed by atoms with Crippen molar-refractivity contribution in [1.29, 1.82) is 0 Å². The van der Waals surface area contributed by atoms with E-state index in [9.17, 15) is 9.59 Å².